The summed E-state index contributed by atoms with van der Waals surface area (Å²) in [6, 6.07) is 1.61. The van der Waals surface area contributed by atoms with Crippen LogP contribution in [0.3, 0.4) is 0 Å². The molecule has 1 heterocycles. The van der Waals surface area contributed by atoms with Crippen LogP contribution in [0, 0.1) is 0 Å². The first-order valence-corrected chi connectivity index (χ1v) is 9.73. The zero-order valence-electron chi connectivity index (χ0n) is 10.7. The van der Waals surface area contributed by atoms with Gasteiger partial charge in [-0.25, -0.2) is 13.1 Å². The predicted octanol–water partition coefficient (Wildman–Crippen LogP) is 2.80. The first kappa shape index (κ1) is 15.3. The third-order valence-corrected chi connectivity index (χ3v) is 6.29. The van der Waals surface area contributed by atoms with Crippen molar-refractivity contribution in [3.8, 4) is 0 Å². The Bertz CT molecular complexity index is 536. The Kier molecular flexibility index (Phi) is 5.28. The molecule has 1 N–H and O–H groups in total. The second-order valence-electron chi connectivity index (χ2n) is 4.68. The quantitative estimate of drug-likeness (QED) is 0.892. The molecule has 2 unspecified atom stereocenters. The van der Waals surface area contributed by atoms with Gasteiger partial charge >= 0.3 is 0 Å². The molecule has 1 aromatic rings. The Morgan fingerprint density at radius 2 is 2.21 bits per heavy atom. The number of hydrogen-bond acceptors (Lipinski definition) is 4. The normalized spacial score (nSPS) is 24.3. The van der Waals surface area contributed by atoms with Gasteiger partial charge in [0, 0.05) is 28.2 Å². The van der Waals surface area contributed by atoms with Crippen LogP contribution in [0.25, 0.3) is 0 Å². The molecule has 19 heavy (non-hydrogen) atoms. The maximum Gasteiger partial charge on any atom is 0.242 e. The third-order valence-electron chi connectivity index (χ3n) is 3.27. The summed E-state index contributed by atoms with van der Waals surface area (Å²) in [5.74, 6) is 0. The molecule has 2 atom stereocenters. The van der Waals surface area contributed by atoms with Gasteiger partial charge in [0.25, 0.3) is 0 Å². The molecule has 1 aliphatic carbocycles. The number of nitrogens with one attached hydrogen (secondary N) is 1. The summed E-state index contributed by atoms with van der Waals surface area (Å²) in [4.78, 5) is 4.12. The van der Waals surface area contributed by atoms with E-state index in [9.17, 15) is 8.42 Å². The molecular formula is C12H17BrN2O2S2. The van der Waals surface area contributed by atoms with Crippen LogP contribution >= 0.6 is 27.7 Å². The van der Waals surface area contributed by atoms with Gasteiger partial charge in [-0.1, -0.05) is 6.42 Å². The zero-order chi connectivity index (χ0) is 13.9. The monoisotopic (exact) mass is 364 g/mol. The van der Waals surface area contributed by atoms with Crippen LogP contribution < -0.4 is 4.72 Å². The SMILES string of the molecule is CSC1CCCC(NS(=O)(=O)c2cncc(Br)c2)C1. The summed E-state index contributed by atoms with van der Waals surface area (Å²) in [6.07, 6.45) is 9.11. The lowest BCUT2D eigenvalue weighted by molar-refractivity contribution is 0.420. The molecular weight excluding hydrogens is 348 g/mol. The molecule has 0 radical (unpaired) electrons. The number of halogens is 1. The lowest BCUT2D eigenvalue weighted by Crippen LogP contribution is -2.39. The average molecular weight is 365 g/mol. The Hall–Kier alpha value is -0.110. The van der Waals surface area contributed by atoms with Gasteiger partial charge in [0.05, 0.1) is 0 Å². The Morgan fingerprint density at radius 3 is 2.89 bits per heavy atom. The minimum Gasteiger partial charge on any atom is -0.262 e. The van der Waals surface area contributed by atoms with Crippen molar-refractivity contribution in [3.63, 3.8) is 0 Å². The van der Waals surface area contributed by atoms with E-state index in [-0.39, 0.29) is 10.9 Å². The number of hydrogen-bond donors (Lipinski definition) is 1. The van der Waals surface area contributed by atoms with Crippen LogP contribution in [0.4, 0.5) is 0 Å². The molecule has 1 fully saturated rings. The number of pyridine rings is 1. The van der Waals surface area contributed by atoms with Gasteiger partial charge in [0.15, 0.2) is 0 Å². The summed E-state index contributed by atoms with van der Waals surface area (Å²) in [7, 11) is -3.47. The first-order valence-electron chi connectivity index (χ1n) is 6.17. The van der Waals surface area contributed by atoms with E-state index in [0.717, 1.165) is 19.3 Å². The summed E-state index contributed by atoms with van der Waals surface area (Å²) >= 11 is 5.06. The minimum absolute atomic E-state index is 0.0372. The van der Waals surface area contributed by atoms with Crippen LogP contribution in [0.5, 0.6) is 0 Å². The van der Waals surface area contributed by atoms with E-state index in [0.29, 0.717) is 9.72 Å². The van der Waals surface area contributed by atoms with Crippen molar-refractivity contribution >= 4 is 37.7 Å². The Balaban J connectivity index is 2.09. The van der Waals surface area contributed by atoms with Crippen LogP contribution in [-0.4, -0.2) is 30.9 Å². The molecule has 0 bridgehead atoms. The van der Waals surface area contributed by atoms with Gasteiger partial charge in [-0.15, -0.1) is 0 Å². The van der Waals surface area contributed by atoms with Crippen LogP contribution in [-0.2, 0) is 10.0 Å². The number of thioether (sulfide) groups is 1. The molecule has 7 heteroatoms. The van der Waals surface area contributed by atoms with Crippen molar-refractivity contribution in [2.75, 3.05) is 6.26 Å². The molecule has 4 nitrogen and oxygen atoms in total. The van der Waals surface area contributed by atoms with Crippen LogP contribution in [0.15, 0.2) is 27.8 Å². The number of rotatable bonds is 4. The van der Waals surface area contributed by atoms with Gasteiger partial charge in [0.1, 0.15) is 4.90 Å². The smallest absolute Gasteiger partial charge is 0.242 e. The molecule has 2 rings (SSSR count). The molecule has 1 aliphatic rings. The highest BCUT2D eigenvalue weighted by molar-refractivity contribution is 9.10. The first-order chi connectivity index (χ1) is 9.01. The molecule has 0 spiro atoms. The number of aromatic nitrogens is 1. The molecule has 1 aromatic heterocycles. The summed E-state index contributed by atoms with van der Waals surface area (Å²) in [5, 5.41) is 0.557. The second-order valence-corrected chi connectivity index (χ2v) is 8.45. The standard InChI is InChI=1S/C12H17BrN2O2S2/c1-18-11-4-2-3-10(6-11)15-19(16,17)12-5-9(13)7-14-8-12/h5,7-8,10-11,15H,2-4,6H2,1H3. The van der Waals surface area contributed by atoms with Crippen LogP contribution in [0.2, 0.25) is 0 Å². The van der Waals surface area contributed by atoms with Gasteiger partial charge in [-0.3, -0.25) is 4.98 Å². The topological polar surface area (TPSA) is 59.1 Å². The Morgan fingerprint density at radius 1 is 1.42 bits per heavy atom. The van der Waals surface area contributed by atoms with Crippen molar-refractivity contribution < 1.29 is 8.42 Å². The molecule has 1 saturated carbocycles. The van der Waals surface area contributed by atoms with E-state index in [2.05, 4.69) is 31.9 Å². The summed E-state index contributed by atoms with van der Waals surface area (Å²) < 4.78 is 28.0. The minimum atomic E-state index is -3.47. The fraction of sp³-hybridized carbons (Fsp3) is 0.583. The molecule has 0 amide bonds. The summed E-state index contributed by atoms with van der Waals surface area (Å²) in [6.45, 7) is 0. The largest absolute Gasteiger partial charge is 0.262 e. The average Bonchev–Trinajstić information content (AvgIpc) is 2.38. The van der Waals surface area contributed by atoms with Gasteiger partial charge < -0.3 is 0 Å². The molecule has 0 aromatic carbocycles. The summed E-state index contributed by atoms with van der Waals surface area (Å²) in [5.41, 5.74) is 0. The van der Waals surface area contributed by atoms with Gasteiger partial charge in [-0.05, 0) is 47.5 Å². The van der Waals surface area contributed by atoms with Crippen molar-refractivity contribution in [3.05, 3.63) is 22.9 Å². The van der Waals surface area contributed by atoms with Gasteiger partial charge in [0.2, 0.25) is 10.0 Å². The highest BCUT2D eigenvalue weighted by Gasteiger charge is 2.26. The van der Waals surface area contributed by atoms with Crippen molar-refractivity contribution in [1.29, 1.82) is 0 Å². The highest BCUT2D eigenvalue weighted by Crippen LogP contribution is 2.28. The van der Waals surface area contributed by atoms with E-state index in [1.165, 1.54) is 12.6 Å². The molecule has 0 aliphatic heterocycles. The molecule has 106 valence electrons. The van der Waals surface area contributed by atoms with Gasteiger partial charge in [-0.2, -0.15) is 11.8 Å². The zero-order valence-corrected chi connectivity index (χ0v) is 13.9. The van der Waals surface area contributed by atoms with E-state index in [1.54, 1.807) is 12.3 Å². The fourth-order valence-corrected chi connectivity index (χ4v) is 4.91. The number of nitrogens with zero attached hydrogens (tertiary/aromatic N) is 1. The van der Waals surface area contributed by atoms with E-state index in [4.69, 9.17) is 0 Å². The van der Waals surface area contributed by atoms with Crippen molar-refractivity contribution in [2.45, 2.75) is 41.9 Å². The lowest BCUT2D eigenvalue weighted by Gasteiger charge is -2.28. The lowest BCUT2D eigenvalue weighted by atomic mass is 9.96. The third kappa shape index (κ3) is 4.18. The highest BCUT2D eigenvalue weighted by atomic mass is 79.9. The van der Waals surface area contributed by atoms with Crippen molar-refractivity contribution in [1.82, 2.24) is 9.71 Å². The Labute approximate surface area is 127 Å². The predicted molar refractivity (Wildman–Crippen MR) is 81.8 cm³/mol. The van der Waals surface area contributed by atoms with E-state index < -0.39 is 10.0 Å². The maximum absolute atomic E-state index is 12.3. The fourth-order valence-electron chi connectivity index (χ4n) is 2.29. The number of sulfonamides is 1. The van der Waals surface area contributed by atoms with Crippen LogP contribution in [0.1, 0.15) is 25.7 Å². The molecule has 0 saturated heterocycles. The van der Waals surface area contributed by atoms with E-state index in [1.807, 2.05) is 11.8 Å². The maximum atomic E-state index is 12.3. The van der Waals surface area contributed by atoms with Crippen molar-refractivity contribution in [2.24, 2.45) is 0 Å². The second kappa shape index (κ2) is 6.56. The van der Waals surface area contributed by atoms with E-state index >= 15 is 0 Å².